The van der Waals surface area contributed by atoms with Crippen LogP contribution in [0.5, 0.6) is 5.75 Å². The third-order valence-electron chi connectivity index (χ3n) is 3.53. The number of benzene rings is 1. The number of nitrogens with two attached hydrogens (primary N) is 1. The Morgan fingerprint density at radius 2 is 2.14 bits per heavy atom. The van der Waals surface area contributed by atoms with E-state index in [0.29, 0.717) is 6.54 Å². The van der Waals surface area contributed by atoms with Gasteiger partial charge in [-0.25, -0.2) is 4.98 Å². The van der Waals surface area contributed by atoms with Gasteiger partial charge in [0.2, 0.25) is 0 Å². The Morgan fingerprint density at radius 3 is 2.76 bits per heavy atom. The van der Waals surface area contributed by atoms with Crippen LogP contribution in [0.4, 0.5) is 0 Å². The van der Waals surface area contributed by atoms with E-state index in [1.165, 1.54) is 10.4 Å². The molecule has 21 heavy (non-hydrogen) atoms. The van der Waals surface area contributed by atoms with E-state index < -0.39 is 0 Å². The summed E-state index contributed by atoms with van der Waals surface area (Å²) in [7, 11) is 0. The van der Waals surface area contributed by atoms with Crippen LogP contribution in [0.2, 0.25) is 0 Å². The van der Waals surface area contributed by atoms with Crippen LogP contribution in [0.15, 0.2) is 24.3 Å². The predicted octanol–water partition coefficient (Wildman–Crippen LogP) is 3.83. The summed E-state index contributed by atoms with van der Waals surface area (Å²) in [5, 5.41) is 1.15. The highest BCUT2D eigenvalue weighted by molar-refractivity contribution is 7.11. The summed E-state index contributed by atoms with van der Waals surface area (Å²) >= 11 is 1.76. The molecule has 0 amide bonds. The van der Waals surface area contributed by atoms with Crippen molar-refractivity contribution < 1.29 is 4.74 Å². The molecular weight excluding hydrogens is 280 g/mol. The standard InChI is InChI=1S/C17H24N2OS/c1-4-8-20-16-7-5-6-14(10-16)9-15(11-18)17-19-12(2)13(3)21-17/h5-7,10,15H,4,8-9,11,18H2,1-3H3. The average Bonchev–Trinajstić information content (AvgIpc) is 2.82. The molecule has 1 aromatic carbocycles. The van der Waals surface area contributed by atoms with E-state index in [9.17, 15) is 0 Å². The van der Waals surface area contributed by atoms with E-state index in [4.69, 9.17) is 10.5 Å². The van der Waals surface area contributed by atoms with Crippen LogP contribution in [0.3, 0.4) is 0 Å². The molecule has 0 bridgehead atoms. The minimum absolute atomic E-state index is 0.281. The lowest BCUT2D eigenvalue weighted by molar-refractivity contribution is 0.317. The van der Waals surface area contributed by atoms with E-state index in [-0.39, 0.29) is 5.92 Å². The summed E-state index contributed by atoms with van der Waals surface area (Å²) in [4.78, 5) is 5.94. The quantitative estimate of drug-likeness (QED) is 0.845. The molecule has 0 aliphatic carbocycles. The summed E-state index contributed by atoms with van der Waals surface area (Å²) in [6.45, 7) is 7.66. The Morgan fingerprint density at radius 1 is 1.33 bits per heavy atom. The molecular formula is C17H24N2OS. The molecule has 1 heterocycles. The monoisotopic (exact) mass is 304 g/mol. The third-order valence-corrected chi connectivity index (χ3v) is 4.77. The van der Waals surface area contributed by atoms with E-state index >= 15 is 0 Å². The van der Waals surface area contributed by atoms with Crippen molar-refractivity contribution in [3.05, 3.63) is 45.4 Å². The van der Waals surface area contributed by atoms with Crippen LogP contribution < -0.4 is 10.5 Å². The SMILES string of the molecule is CCCOc1cccc(CC(CN)c2nc(C)c(C)s2)c1. The van der Waals surface area contributed by atoms with Gasteiger partial charge >= 0.3 is 0 Å². The summed E-state index contributed by atoms with van der Waals surface area (Å²) in [6.07, 6.45) is 1.93. The van der Waals surface area contributed by atoms with Crippen molar-refractivity contribution in [2.75, 3.05) is 13.2 Å². The third kappa shape index (κ3) is 4.29. The summed E-state index contributed by atoms with van der Waals surface area (Å²) in [5.74, 6) is 1.22. The van der Waals surface area contributed by atoms with Gasteiger partial charge in [-0.05, 0) is 44.4 Å². The molecule has 0 aliphatic heterocycles. The van der Waals surface area contributed by atoms with Crippen molar-refractivity contribution in [2.24, 2.45) is 5.73 Å². The number of nitrogens with zero attached hydrogens (tertiary/aromatic N) is 1. The number of thiazole rings is 1. The van der Waals surface area contributed by atoms with Crippen LogP contribution in [0, 0.1) is 13.8 Å². The Hall–Kier alpha value is -1.39. The zero-order chi connectivity index (χ0) is 15.2. The molecule has 1 unspecified atom stereocenters. The second kappa shape index (κ2) is 7.57. The maximum Gasteiger partial charge on any atom is 0.119 e. The summed E-state index contributed by atoms with van der Waals surface area (Å²) in [6, 6.07) is 8.31. The van der Waals surface area contributed by atoms with E-state index in [0.717, 1.165) is 35.9 Å². The molecule has 3 nitrogen and oxygen atoms in total. The van der Waals surface area contributed by atoms with Crippen molar-refractivity contribution in [3.8, 4) is 5.75 Å². The first kappa shape index (κ1) is 16.0. The molecule has 1 atom stereocenters. The van der Waals surface area contributed by atoms with Crippen LogP contribution in [-0.4, -0.2) is 18.1 Å². The zero-order valence-electron chi connectivity index (χ0n) is 13.1. The van der Waals surface area contributed by atoms with Gasteiger partial charge in [0.05, 0.1) is 17.3 Å². The minimum Gasteiger partial charge on any atom is -0.494 e. The van der Waals surface area contributed by atoms with Crippen molar-refractivity contribution in [1.82, 2.24) is 4.98 Å². The first-order valence-electron chi connectivity index (χ1n) is 7.49. The fourth-order valence-corrected chi connectivity index (χ4v) is 3.25. The van der Waals surface area contributed by atoms with Crippen LogP contribution in [-0.2, 0) is 6.42 Å². The van der Waals surface area contributed by atoms with E-state index in [1.807, 2.05) is 12.1 Å². The van der Waals surface area contributed by atoms with Crippen molar-refractivity contribution in [2.45, 2.75) is 39.5 Å². The molecule has 0 aliphatic rings. The fraction of sp³-hybridized carbons (Fsp3) is 0.471. The predicted molar refractivity (Wildman–Crippen MR) is 89.3 cm³/mol. The second-order valence-corrected chi connectivity index (χ2v) is 6.56. The Bertz CT molecular complexity index is 560. The van der Waals surface area contributed by atoms with Gasteiger partial charge in [0, 0.05) is 17.3 Å². The van der Waals surface area contributed by atoms with Crippen molar-refractivity contribution in [3.63, 3.8) is 0 Å². The number of aryl methyl sites for hydroxylation is 2. The highest BCUT2D eigenvalue weighted by Gasteiger charge is 2.16. The van der Waals surface area contributed by atoms with Gasteiger partial charge in [-0.15, -0.1) is 11.3 Å². The van der Waals surface area contributed by atoms with Gasteiger partial charge in [0.15, 0.2) is 0 Å². The van der Waals surface area contributed by atoms with Gasteiger partial charge in [0.25, 0.3) is 0 Å². The fourth-order valence-electron chi connectivity index (χ4n) is 2.21. The lowest BCUT2D eigenvalue weighted by Crippen LogP contribution is -2.15. The first-order valence-corrected chi connectivity index (χ1v) is 8.31. The maximum absolute atomic E-state index is 5.97. The summed E-state index contributed by atoms with van der Waals surface area (Å²) in [5.41, 5.74) is 8.34. The number of hydrogen-bond donors (Lipinski definition) is 1. The van der Waals surface area contributed by atoms with Crippen molar-refractivity contribution in [1.29, 1.82) is 0 Å². The topological polar surface area (TPSA) is 48.1 Å². The number of aromatic nitrogens is 1. The van der Waals surface area contributed by atoms with E-state index in [2.05, 4.69) is 37.9 Å². The first-order chi connectivity index (χ1) is 10.1. The molecule has 1 aromatic heterocycles. The van der Waals surface area contributed by atoms with Crippen molar-refractivity contribution >= 4 is 11.3 Å². The Labute approximate surface area is 131 Å². The van der Waals surface area contributed by atoms with Gasteiger partial charge in [-0.2, -0.15) is 0 Å². The van der Waals surface area contributed by atoms with Crippen LogP contribution >= 0.6 is 11.3 Å². The number of rotatable bonds is 7. The Kier molecular flexibility index (Phi) is 5.76. The van der Waals surface area contributed by atoms with Gasteiger partial charge in [0.1, 0.15) is 5.75 Å². The second-order valence-electron chi connectivity index (χ2n) is 5.33. The number of ether oxygens (including phenoxy) is 1. The van der Waals surface area contributed by atoms with Crippen LogP contribution in [0.25, 0.3) is 0 Å². The molecule has 0 spiro atoms. The highest BCUT2D eigenvalue weighted by atomic mass is 32.1. The normalized spacial score (nSPS) is 12.4. The number of hydrogen-bond acceptors (Lipinski definition) is 4. The van der Waals surface area contributed by atoms with Crippen LogP contribution in [0.1, 0.15) is 40.4 Å². The lowest BCUT2D eigenvalue weighted by atomic mass is 10.00. The molecule has 0 saturated carbocycles. The minimum atomic E-state index is 0.281. The zero-order valence-corrected chi connectivity index (χ0v) is 13.9. The molecule has 0 radical (unpaired) electrons. The molecule has 2 rings (SSSR count). The molecule has 2 N–H and O–H groups in total. The largest absolute Gasteiger partial charge is 0.494 e. The molecule has 2 aromatic rings. The average molecular weight is 304 g/mol. The van der Waals surface area contributed by atoms with E-state index in [1.54, 1.807) is 11.3 Å². The highest BCUT2D eigenvalue weighted by Crippen LogP contribution is 2.27. The summed E-state index contributed by atoms with van der Waals surface area (Å²) < 4.78 is 5.70. The maximum atomic E-state index is 5.97. The Balaban J connectivity index is 2.11. The molecule has 0 saturated heterocycles. The molecule has 114 valence electrons. The van der Waals surface area contributed by atoms with Gasteiger partial charge in [-0.1, -0.05) is 19.1 Å². The molecule has 0 fully saturated rings. The smallest absolute Gasteiger partial charge is 0.119 e. The lowest BCUT2D eigenvalue weighted by Gasteiger charge is -2.13. The van der Waals surface area contributed by atoms with Gasteiger partial charge < -0.3 is 10.5 Å². The molecule has 4 heteroatoms. The van der Waals surface area contributed by atoms with Gasteiger partial charge in [-0.3, -0.25) is 0 Å².